The molecule has 1 unspecified atom stereocenters. The molecule has 0 heterocycles. The van der Waals surface area contributed by atoms with Gasteiger partial charge in [-0.3, -0.25) is 0 Å². The summed E-state index contributed by atoms with van der Waals surface area (Å²) in [5.74, 6) is 1.29. The van der Waals surface area contributed by atoms with Gasteiger partial charge in [0, 0.05) is 6.04 Å². The third kappa shape index (κ3) is 4.03. The molecule has 1 N–H and O–H groups in total. The van der Waals surface area contributed by atoms with Gasteiger partial charge in [-0.15, -0.1) is 0 Å². The predicted octanol–water partition coefficient (Wildman–Crippen LogP) is 4.19. The maximum Gasteiger partial charge on any atom is 0.0322 e. The number of benzene rings is 1. The van der Waals surface area contributed by atoms with Crippen molar-refractivity contribution in [3.8, 4) is 0 Å². The van der Waals surface area contributed by atoms with Crippen LogP contribution in [0.5, 0.6) is 0 Å². The van der Waals surface area contributed by atoms with E-state index in [2.05, 4.69) is 35.8 Å². The van der Waals surface area contributed by atoms with Crippen molar-refractivity contribution in [3.63, 3.8) is 0 Å². The second-order valence-electron chi connectivity index (χ2n) is 5.15. The Hall–Kier alpha value is -0.470. The molecule has 1 aromatic carbocycles. The van der Waals surface area contributed by atoms with E-state index in [0.29, 0.717) is 6.04 Å². The Bertz CT molecular complexity index is 351. The lowest BCUT2D eigenvalue weighted by Gasteiger charge is -2.19. The Morgan fingerprint density at radius 1 is 1.22 bits per heavy atom. The molecule has 0 spiro atoms. The van der Waals surface area contributed by atoms with Gasteiger partial charge >= 0.3 is 0 Å². The minimum Gasteiger partial charge on any atom is -0.310 e. The van der Waals surface area contributed by atoms with E-state index in [9.17, 15) is 0 Å². The first kappa shape index (κ1) is 14.0. The summed E-state index contributed by atoms with van der Waals surface area (Å²) in [6.45, 7) is 1.17. The molecule has 2 rings (SSSR count). The highest BCUT2D eigenvalue weighted by molar-refractivity contribution is 7.98. The Morgan fingerprint density at radius 3 is 3.00 bits per heavy atom. The van der Waals surface area contributed by atoms with Crippen molar-refractivity contribution in [2.24, 2.45) is 0 Å². The van der Waals surface area contributed by atoms with Gasteiger partial charge in [-0.1, -0.05) is 30.7 Å². The number of thioether (sulfide) groups is 1. The summed E-state index contributed by atoms with van der Waals surface area (Å²) >= 11 is 1.95. The number of unbranched alkanes of at least 4 members (excludes halogenated alkanes) is 1. The lowest BCUT2D eigenvalue weighted by molar-refractivity contribution is 0.482. The number of hydrogen-bond acceptors (Lipinski definition) is 2. The highest BCUT2D eigenvalue weighted by Crippen LogP contribution is 2.28. The SMILES string of the molecule is CSCCCCNC1CCCCc2ccccc21. The predicted molar refractivity (Wildman–Crippen MR) is 82.4 cm³/mol. The van der Waals surface area contributed by atoms with Gasteiger partial charge in [-0.25, -0.2) is 0 Å². The van der Waals surface area contributed by atoms with Crippen LogP contribution in [0.3, 0.4) is 0 Å². The van der Waals surface area contributed by atoms with Crippen LogP contribution in [0.15, 0.2) is 24.3 Å². The lowest BCUT2D eigenvalue weighted by atomic mass is 9.99. The molecule has 0 saturated heterocycles. The fraction of sp³-hybridized carbons (Fsp3) is 0.625. The van der Waals surface area contributed by atoms with Gasteiger partial charge < -0.3 is 5.32 Å². The van der Waals surface area contributed by atoms with E-state index >= 15 is 0 Å². The number of aryl methyl sites for hydroxylation is 1. The third-order valence-electron chi connectivity index (χ3n) is 3.79. The molecule has 0 radical (unpaired) electrons. The van der Waals surface area contributed by atoms with Crippen molar-refractivity contribution in [1.29, 1.82) is 0 Å². The Kier molecular flexibility index (Phi) is 6.09. The minimum atomic E-state index is 0.595. The van der Waals surface area contributed by atoms with Gasteiger partial charge in [0.2, 0.25) is 0 Å². The van der Waals surface area contributed by atoms with Crippen LogP contribution in [0, 0.1) is 0 Å². The fourth-order valence-corrected chi connectivity index (χ4v) is 3.27. The molecule has 18 heavy (non-hydrogen) atoms. The van der Waals surface area contributed by atoms with Gasteiger partial charge in [0.1, 0.15) is 0 Å². The summed E-state index contributed by atoms with van der Waals surface area (Å²) in [4.78, 5) is 0. The van der Waals surface area contributed by atoms with Gasteiger partial charge in [0.25, 0.3) is 0 Å². The van der Waals surface area contributed by atoms with Crippen molar-refractivity contribution < 1.29 is 0 Å². The van der Waals surface area contributed by atoms with Gasteiger partial charge in [-0.05, 0) is 61.8 Å². The summed E-state index contributed by atoms with van der Waals surface area (Å²) < 4.78 is 0. The Labute approximate surface area is 116 Å². The van der Waals surface area contributed by atoms with Crippen molar-refractivity contribution in [2.75, 3.05) is 18.6 Å². The molecule has 0 aromatic heterocycles. The topological polar surface area (TPSA) is 12.0 Å². The average Bonchev–Trinajstić information content (AvgIpc) is 2.61. The van der Waals surface area contributed by atoms with Gasteiger partial charge in [0.05, 0.1) is 0 Å². The van der Waals surface area contributed by atoms with Gasteiger partial charge in [-0.2, -0.15) is 11.8 Å². The van der Waals surface area contributed by atoms with Crippen LogP contribution < -0.4 is 5.32 Å². The zero-order valence-corrected chi connectivity index (χ0v) is 12.3. The molecule has 1 atom stereocenters. The summed E-state index contributed by atoms with van der Waals surface area (Å²) in [6, 6.07) is 9.59. The minimum absolute atomic E-state index is 0.595. The summed E-state index contributed by atoms with van der Waals surface area (Å²) in [7, 11) is 0. The third-order valence-corrected chi connectivity index (χ3v) is 4.48. The van der Waals surface area contributed by atoms with Crippen molar-refractivity contribution >= 4 is 11.8 Å². The van der Waals surface area contributed by atoms with Crippen LogP contribution in [0.25, 0.3) is 0 Å². The van der Waals surface area contributed by atoms with Crippen LogP contribution >= 0.6 is 11.8 Å². The first-order valence-corrected chi connectivity index (χ1v) is 8.61. The molecule has 0 saturated carbocycles. The smallest absolute Gasteiger partial charge is 0.0322 e. The number of rotatable bonds is 6. The first-order valence-electron chi connectivity index (χ1n) is 7.22. The molecule has 1 nitrogen and oxygen atoms in total. The maximum atomic E-state index is 3.77. The fourth-order valence-electron chi connectivity index (χ4n) is 2.78. The molecule has 0 amide bonds. The Balaban J connectivity index is 1.88. The van der Waals surface area contributed by atoms with E-state index in [1.165, 1.54) is 50.8 Å². The Morgan fingerprint density at radius 2 is 2.11 bits per heavy atom. The average molecular weight is 263 g/mol. The highest BCUT2D eigenvalue weighted by atomic mass is 32.2. The van der Waals surface area contributed by atoms with Crippen LogP contribution in [-0.2, 0) is 6.42 Å². The molecule has 2 heteroatoms. The normalized spacial score (nSPS) is 19.3. The molecule has 100 valence electrons. The largest absolute Gasteiger partial charge is 0.310 e. The van der Waals surface area contributed by atoms with E-state index < -0.39 is 0 Å². The molecular weight excluding hydrogens is 238 g/mol. The summed E-state index contributed by atoms with van der Waals surface area (Å²) in [5, 5.41) is 3.77. The number of hydrogen-bond donors (Lipinski definition) is 1. The van der Waals surface area contributed by atoms with E-state index in [0.717, 1.165) is 0 Å². The van der Waals surface area contributed by atoms with Crippen LogP contribution in [0.2, 0.25) is 0 Å². The van der Waals surface area contributed by atoms with Crippen molar-refractivity contribution in [3.05, 3.63) is 35.4 Å². The zero-order chi connectivity index (χ0) is 12.6. The lowest BCUT2D eigenvalue weighted by Crippen LogP contribution is -2.22. The molecule has 1 aromatic rings. The summed E-state index contributed by atoms with van der Waals surface area (Å²) in [5.41, 5.74) is 3.12. The van der Waals surface area contributed by atoms with Crippen molar-refractivity contribution in [2.45, 2.75) is 44.6 Å². The molecular formula is C16H25NS. The molecule has 0 bridgehead atoms. The molecule has 0 aliphatic heterocycles. The van der Waals surface area contributed by atoms with Crippen LogP contribution in [0.4, 0.5) is 0 Å². The molecule has 1 aliphatic carbocycles. The van der Waals surface area contributed by atoms with Crippen LogP contribution in [-0.4, -0.2) is 18.6 Å². The van der Waals surface area contributed by atoms with Crippen molar-refractivity contribution in [1.82, 2.24) is 5.32 Å². The van der Waals surface area contributed by atoms with E-state index in [4.69, 9.17) is 0 Å². The van der Waals surface area contributed by atoms with E-state index in [-0.39, 0.29) is 0 Å². The van der Waals surface area contributed by atoms with Gasteiger partial charge in [0.15, 0.2) is 0 Å². The number of nitrogens with one attached hydrogen (secondary N) is 1. The monoisotopic (exact) mass is 263 g/mol. The highest BCUT2D eigenvalue weighted by Gasteiger charge is 2.17. The maximum absolute atomic E-state index is 3.77. The summed E-state index contributed by atoms with van der Waals surface area (Å²) in [6.07, 6.45) is 10.1. The molecule has 0 fully saturated rings. The number of fused-ring (bicyclic) bond motifs is 1. The standard InChI is InChI=1S/C16H25NS/c1-18-13-7-6-12-17-16-11-5-3-9-14-8-2-4-10-15(14)16/h2,4,8,10,16-17H,3,5-7,9,11-13H2,1H3. The second-order valence-corrected chi connectivity index (χ2v) is 6.14. The zero-order valence-electron chi connectivity index (χ0n) is 11.5. The van der Waals surface area contributed by atoms with E-state index in [1.54, 1.807) is 11.1 Å². The van der Waals surface area contributed by atoms with Crippen LogP contribution in [0.1, 0.15) is 49.3 Å². The molecule has 1 aliphatic rings. The quantitative estimate of drug-likeness (QED) is 0.610. The first-order chi connectivity index (χ1) is 8.92. The second kappa shape index (κ2) is 7.85. The van der Waals surface area contributed by atoms with E-state index in [1.807, 2.05) is 11.8 Å².